The highest BCUT2D eigenvalue weighted by atomic mass is 32.1. The molecule has 0 radical (unpaired) electrons. The van der Waals surface area contributed by atoms with Gasteiger partial charge in [-0.25, -0.2) is 4.39 Å². The third-order valence-corrected chi connectivity index (χ3v) is 3.46. The van der Waals surface area contributed by atoms with Gasteiger partial charge in [0.1, 0.15) is 12.7 Å². The molecule has 18 heavy (non-hydrogen) atoms. The largest absolute Gasteiger partial charge is 0.487 e. The van der Waals surface area contributed by atoms with Gasteiger partial charge >= 0.3 is 0 Å². The number of thiazole rings is 1. The maximum Gasteiger partial charge on any atom is 0.165 e. The second-order valence-corrected chi connectivity index (χ2v) is 4.77. The van der Waals surface area contributed by atoms with Crippen LogP contribution in [0.15, 0.2) is 29.9 Å². The Morgan fingerprint density at radius 3 is 2.94 bits per heavy atom. The van der Waals surface area contributed by atoms with Crippen molar-refractivity contribution in [3.63, 3.8) is 0 Å². The molecule has 0 aliphatic carbocycles. The van der Waals surface area contributed by atoms with Crippen LogP contribution in [0, 0.1) is 5.82 Å². The molecule has 1 unspecified atom stereocenters. The van der Waals surface area contributed by atoms with Gasteiger partial charge in [-0.3, -0.25) is 4.98 Å². The molecule has 1 aromatic carbocycles. The monoisotopic (exact) mass is 267 g/mol. The fourth-order valence-corrected chi connectivity index (χ4v) is 2.11. The lowest BCUT2D eigenvalue weighted by Gasteiger charge is -2.11. The number of rotatable bonds is 5. The number of hydrogen-bond donors (Lipinski definition) is 1. The number of nitrogens with zero attached hydrogens (tertiary/aromatic N) is 1. The fourth-order valence-electron chi connectivity index (χ4n) is 1.52. The molecular weight excluding hydrogens is 253 g/mol. The van der Waals surface area contributed by atoms with E-state index in [1.807, 2.05) is 13.0 Å². The lowest BCUT2D eigenvalue weighted by molar-refractivity contribution is 0.108. The van der Waals surface area contributed by atoms with Crippen molar-refractivity contribution in [2.24, 2.45) is 0 Å². The molecule has 5 heteroatoms. The number of aliphatic hydroxyl groups excluding tert-OH is 1. The van der Waals surface area contributed by atoms with Gasteiger partial charge in [-0.05, 0) is 24.1 Å². The number of aryl methyl sites for hydroxylation is 1. The van der Waals surface area contributed by atoms with E-state index in [4.69, 9.17) is 4.74 Å². The minimum atomic E-state index is -0.775. The lowest BCUT2D eigenvalue weighted by Crippen LogP contribution is -2.09. The third kappa shape index (κ3) is 3.05. The van der Waals surface area contributed by atoms with Crippen LogP contribution in [0.2, 0.25) is 0 Å². The van der Waals surface area contributed by atoms with E-state index in [1.165, 1.54) is 17.4 Å². The standard InChI is InChI=1S/C13H14FNO2S/c1-2-9-3-4-12(10(14)5-9)17-7-11(16)13-6-15-8-18-13/h3-6,8,11,16H,2,7H2,1H3. The van der Waals surface area contributed by atoms with Crippen LogP contribution in [0.3, 0.4) is 0 Å². The van der Waals surface area contributed by atoms with Crippen molar-refractivity contribution in [1.29, 1.82) is 0 Å². The first-order chi connectivity index (χ1) is 8.70. The summed E-state index contributed by atoms with van der Waals surface area (Å²) in [5.41, 5.74) is 2.55. The van der Waals surface area contributed by atoms with Crippen LogP contribution >= 0.6 is 11.3 Å². The van der Waals surface area contributed by atoms with Gasteiger partial charge in [-0.2, -0.15) is 0 Å². The zero-order chi connectivity index (χ0) is 13.0. The van der Waals surface area contributed by atoms with Crippen LogP contribution in [0.5, 0.6) is 5.75 Å². The van der Waals surface area contributed by atoms with Gasteiger partial charge in [0.25, 0.3) is 0 Å². The van der Waals surface area contributed by atoms with Crippen LogP contribution in [0.1, 0.15) is 23.5 Å². The molecule has 0 spiro atoms. The maximum absolute atomic E-state index is 13.6. The summed E-state index contributed by atoms with van der Waals surface area (Å²) in [6.07, 6.45) is 1.58. The Hall–Kier alpha value is -1.46. The summed E-state index contributed by atoms with van der Waals surface area (Å²) in [5, 5.41) is 9.79. The number of benzene rings is 1. The van der Waals surface area contributed by atoms with E-state index in [-0.39, 0.29) is 12.4 Å². The lowest BCUT2D eigenvalue weighted by atomic mass is 10.1. The number of ether oxygens (including phenoxy) is 1. The Bertz CT molecular complexity index is 502. The van der Waals surface area contributed by atoms with E-state index in [0.29, 0.717) is 4.88 Å². The van der Waals surface area contributed by atoms with Crippen molar-refractivity contribution >= 4 is 11.3 Å². The van der Waals surface area contributed by atoms with E-state index in [1.54, 1.807) is 17.8 Å². The first-order valence-corrected chi connectivity index (χ1v) is 6.56. The molecular formula is C13H14FNO2S. The number of aliphatic hydroxyl groups is 1. The molecule has 0 amide bonds. The van der Waals surface area contributed by atoms with Crippen LogP contribution in [-0.2, 0) is 6.42 Å². The number of aromatic nitrogens is 1. The molecule has 2 aromatic rings. The van der Waals surface area contributed by atoms with Crippen LogP contribution in [0.4, 0.5) is 4.39 Å². The average molecular weight is 267 g/mol. The summed E-state index contributed by atoms with van der Waals surface area (Å²) >= 11 is 1.34. The Kier molecular flexibility index (Phi) is 4.28. The van der Waals surface area contributed by atoms with Crippen molar-refractivity contribution in [2.75, 3.05) is 6.61 Å². The van der Waals surface area contributed by atoms with Gasteiger partial charge in [-0.1, -0.05) is 13.0 Å². The van der Waals surface area contributed by atoms with E-state index < -0.39 is 11.9 Å². The van der Waals surface area contributed by atoms with Gasteiger partial charge in [0.2, 0.25) is 0 Å². The maximum atomic E-state index is 13.6. The predicted molar refractivity (Wildman–Crippen MR) is 68.3 cm³/mol. The highest BCUT2D eigenvalue weighted by Crippen LogP contribution is 2.22. The van der Waals surface area contributed by atoms with Crippen molar-refractivity contribution < 1.29 is 14.2 Å². The van der Waals surface area contributed by atoms with Gasteiger partial charge < -0.3 is 9.84 Å². The van der Waals surface area contributed by atoms with E-state index in [2.05, 4.69) is 4.98 Å². The van der Waals surface area contributed by atoms with Crippen molar-refractivity contribution in [3.8, 4) is 5.75 Å². The Labute approximate surface area is 109 Å². The molecule has 0 bridgehead atoms. The Balaban J connectivity index is 1.98. The van der Waals surface area contributed by atoms with Crippen LogP contribution in [0.25, 0.3) is 0 Å². The summed E-state index contributed by atoms with van der Waals surface area (Å²) in [6.45, 7) is 1.98. The smallest absolute Gasteiger partial charge is 0.165 e. The SMILES string of the molecule is CCc1ccc(OCC(O)c2cncs2)c(F)c1. The molecule has 0 aliphatic heterocycles. The molecule has 1 heterocycles. The van der Waals surface area contributed by atoms with E-state index >= 15 is 0 Å². The van der Waals surface area contributed by atoms with Crippen LogP contribution < -0.4 is 4.74 Å². The second-order valence-electron chi connectivity index (χ2n) is 3.85. The van der Waals surface area contributed by atoms with Crippen molar-refractivity contribution in [2.45, 2.75) is 19.4 Å². The summed E-state index contributed by atoms with van der Waals surface area (Å²) < 4.78 is 18.9. The number of hydrogen-bond acceptors (Lipinski definition) is 4. The molecule has 1 aromatic heterocycles. The minimum absolute atomic E-state index is 0.0184. The van der Waals surface area contributed by atoms with E-state index in [9.17, 15) is 9.50 Å². The Morgan fingerprint density at radius 1 is 1.50 bits per heavy atom. The van der Waals surface area contributed by atoms with Crippen molar-refractivity contribution in [1.82, 2.24) is 4.98 Å². The topological polar surface area (TPSA) is 42.4 Å². The summed E-state index contributed by atoms with van der Waals surface area (Å²) in [7, 11) is 0. The molecule has 1 N–H and O–H groups in total. The highest BCUT2D eigenvalue weighted by molar-refractivity contribution is 7.09. The Morgan fingerprint density at radius 2 is 2.33 bits per heavy atom. The fraction of sp³-hybridized carbons (Fsp3) is 0.308. The summed E-state index contributed by atoms with van der Waals surface area (Å²) in [6, 6.07) is 4.86. The molecule has 1 atom stereocenters. The normalized spacial score (nSPS) is 12.4. The third-order valence-electron chi connectivity index (χ3n) is 2.58. The molecule has 0 aliphatic rings. The van der Waals surface area contributed by atoms with Crippen LogP contribution in [-0.4, -0.2) is 16.7 Å². The molecule has 0 fully saturated rings. The molecule has 2 rings (SSSR count). The summed E-state index contributed by atoms with van der Waals surface area (Å²) in [4.78, 5) is 4.58. The van der Waals surface area contributed by atoms with Gasteiger partial charge in [-0.15, -0.1) is 11.3 Å². The zero-order valence-corrected chi connectivity index (χ0v) is 10.8. The highest BCUT2D eigenvalue weighted by Gasteiger charge is 2.12. The van der Waals surface area contributed by atoms with Gasteiger partial charge in [0.05, 0.1) is 10.4 Å². The summed E-state index contributed by atoms with van der Waals surface area (Å²) in [5.74, 6) is -0.235. The molecule has 0 saturated heterocycles. The second kappa shape index (κ2) is 5.93. The first kappa shape index (κ1) is 13.0. The quantitative estimate of drug-likeness (QED) is 0.905. The average Bonchev–Trinajstić information content (AvgIpc) is 2.90. The van der Waals surface area contributed by atoms with E-state index in [0.717, 1.165) is 12.0 Å². The van der Waals surface area contributed by atoms with Gasteiger partial charge in [0.15, 0.2) is 11.6 Å². The molecule has 96 valence electrons. The first-order valence-electron chi connectivity index (χ1n) is 5.68. The predicted octanol–water partition coefficient (Wildman–Crippen LogP) is 2.96. The molecule has 3 nitrogen and oxygen atoms in total. The minimum Gasteiger partial charge on any atom is -0.487 e. The van der Waals surface area contributed by atoms with Crippen molar-refractivity contribution in [3.05, 3.63) is 46.2 Å². The number of halogens is 1. The zero-order valence-electron chi connectivity index (χ0n) is 9.97. The molecule has 0 saturated carbocycles. The van der Waals surface area contributed by atoms with Gasteiger partial charge in [0, 0.05) is 6.20 Å².